The minimum Gasteiger partial charge on any atom is -0.476 e. The third-order valence-corrected chi connectivity index (χ3v) is 5.66. The van der Waals surface area contributed by atoms with Crippen LogP contribution < -0.4 is 9.64 Å². The number of carbonyl (C=O) groups is 3. The molecule has 6 nitrogen and oxygen atoms in total. The molecule has 2 aliphatic heterocycles. The first-order valence-corrected chi connectivity index (χ1v) is 9.96. The molecule has 2 aliphatic rings. The van der Waals surface area contributed by atoms with E-state index in [-0.39, 0.29) is 30.1 Å². The topological polar surface area (TPSA) is 66.9 Å². The lowest BCUT2D eigenvalue weighted by atomic mass is 9.88. The van der Waals surface area contributed by atoms with Gasteiger partial charge in [-0.05, 0) is 25.0 Å². The van der Waals surface area contributed by atoms with E-state index in [4.69, 9.17) is 4.74 Å². The van der Waals surface area contributed by atoms with E-state index in [9.17, 15) is 14.4 Å². The first kappa shape index (κ1) is 19.2. The lowest BCUT2D eigenvalue weighted by Gasteiger charge is -2.38. The Balaban J connectivity index is 1.41. The molecule has 2 amide bonds. The fourth-order valence-corrected chi connectivity index (χ4v) is 4.07. The van der Waals surface area contributed by atoms with Crippen molar-refractivity contribution in [3.8, 4) is 5.75 Å². The first-order valence-electron chi connectivity index (χ1n) is 9.96. The summed E-state index contributed by atoms with van der Waals surface area (Å²) in [6.07, 6.45) is 0.549. The van der Waals surface area contributed by atoms with Gasteiger partial charge in [-0.25, -0.2) is 0 Å². The number of hydrogen-bond donors (Lipinski definition) is 0. The van der Waals surface area contributed by atoms with Gasteiger partial charge in [0.1, 0.15) is 5.75 Å². The minimum atomic E-state index is -0.727. The van der Waals surface area contributed by atoms with Gasteiger partial charge in [-0.3, -0.25) is 14.4 Å². The van der Waals surface area contributed by atoms with Gasteiger partial charge in [0, 0.05) is 31.5 Å². The number of ether oxygens (including phenoxy) is 1. The van der Waals surface area contributed by atoms with E-state index < -0.39 is 6.10 Å². The van der Waals surface area contributed by atoms with E-state index in [0.717, 1.165) is 5.56 Å². The largest absolute Gasteiger partial charge is 0.476 e. The number of anilines is 1. The van der Waals surface area contributed by atoms with E-state index in [0.29, 0.717) is 37.4 Å². The molecule has 1 atom stereocenters. The fraction of sp³-hybridized carbons (Fsp3) is 0.348. The molecule has 6 heteroatoms. The zero-order valence-corrected chi connectivity index (χ0v) is 16.4. The molecule has 0 spiro atoms. The van der Waals surface area contributed by atoms with Crippen LogP contribution in [0.3, 0.4) is 0 Å². The second-order valence-electron chi connectivity index (χ2n) is 7.53. The number of benzene rings is 2. The van der Waals surface area contributed by atoms with Gasteiger partial charge in [-0.15, -0.1) is 0 Å². The number of Topliss-reactive ketones (excluding diaryl/α,β-unsaturated/α-hetero) is 1. The highest BCUT2D eigenvalue weighted by molar-refractivity contribution is 5.98. The second-order valence-corrected chi connectivity index (χ2v) is 7.53. The number of ketones is 1. The number of likely N-dealkylation sites (tertiary alicyclic amines) is 1. The summed E-state index contributed by atoms with van der Waals surface area (Å²) in [6, 6.07) is 16.6. The predicted octanol–water partition coefficient (Wildman–Crippen LogP) is 2.92. The van der Waals surface area contributed by atoms with Crippen molar-refractivity contribution in [2.75, 3.05) is 24.5 Å². The molecular formula is C23H24N2O4. The molecule has 0 radical (unpaired) electrons. The van der Waals surface area contributed by atoms with Gasteiger partial charge in [0.2, 0.25) is 5.91 Å². The maximum absolute atomic E-state index is 13.1. The Hall–Kier alpha value is -3.15. The first-order chi connectivity index (χ1) is 14.0. The summed E-state index contributed by atoms with van der Waals surface area (Å²) in [5, 5.41) is 0. The van der Waals surface area contributed by atoms with Gasteiger partial charge in [0.05, 0.1) is 12.2 Å². The number of fused-ring (bicyclic) bond motifs is 1. The van der Waals surface area contributed by atoms with Gasteiger partial charge >= 0.3 is 0 Å². The van der Waals surface area contributed by atoms with Crippen LogP contribution in [0.4, 0.5) is 5.69 Å². The molecule has 4 rings (SSSR count). The van der Waals surface area contributed by atoms with Crippen molar-refractivity contribution in [1.29, 1.82) is 0 Å². The molecular weight excluding hydrogens is 368 g/mol. The third-order valence-electron chi connectivity index (χ3n) is 5.66. The second kappa shape index (κ2) is 8.07. The van der Waals surface area contributed by atoms with Crippen molar-refractivity contribution in [2.45, 2.75) is 25.9 Å². The molecule has 1 unspecified atom stereocenters. The summed E-state index contributed by atoms with van der Waals surface area (Å²) >= 11 is 0. The van der Waals surface area contributed by atoms with Crippen molar-refractivity contribution < 1.29 is 19.1 Å². The average Bonchev–Trinajstić information content (AvgIpc) is 2.78. The van der Waals surface area contributed by atoms with E-state index >= 15 is 0 Å². The Labute approximate surface area is 170 Å². The molecule has 0 aliphatic carbocycles. The molecule has 2 aromatic carbocycles. The molecule has 1 saturated heterocycles. The smallest absolute Gasteiger partial charge is 0.265 e. The van der Waals surface area contributed by atoms with Gasteiger partial charge in [-0.2, -0.15) is 0 Å². The standard InChI is InChI=1S/C23H24N2O4/c1-16(26)25-15-21(29-20-10-6-5-9-19(20)25)23(28)24-13-11-18(12-14-24)22(27)17-7-3-2-4-8-17/h2-10,18,21H,11-15H2,1H3. The van der Waals surface area contributed by atoms with Crippen LogP contribution in [0.25, 0.3) is 0 Å². The summed E-state index contributed by atoms with van der Waals surface area (Å²) in [5.41, 5.74) is 1.41. The summed E-state index contributed by atoms with van der Waals surface area (Å²) in [5.74, 6) is 0.370. The van der Waals surface area contributed by atoms with E-state index in [1.807, 2.05) is 48.5 Å². The Morgan fingerprint density at radius 3 is 2.28 bits per heavy atom. The number of nitrogens with zero attached hydrogens (tertiary/aromatic N) is 2. The molecule has 2 aromatic rings. The summed E-state index contributed by atoms with van der Waals surface area (Å²) in [7, 11) is 0. The Bertz CT molecular complexity index is 919. The molecule has 0 aromatic heterocycles. The van der Waals surface area contributed by atoms with Crippen molar-refractivity contribution in [3.05, 3.63) is 60.2 Å². The van der Waals surface area contributed by atoms with Gasteiger partial charge < -0.3 is 14.5 Å². The van der Waals surface area contributed by atoms with Crippen molar-refractivity contribution in [3.63, 3.8) is 0 Å². The van der Waals surface area contributed by atoms with Crippen LogP contribution in [0.2, 0.25) is 0 Å². The molecule has 0 N–H and O–H groups in total. The number of piperidine rings is 1. The van der Waals surface area contributed by atoms with E-state index in [1.54, 1.807) is 15.9 Å². The Morgan fingerprint density at radius 1 is 0.931 bits per heavy atom. The van der Waals surface area contributed by atoms with E-state index in [1.165, 1.54) is 6.92 Å². The average molecular weight is 392 g/mol. The normalized spacial score (nSPS) is 19.3. The zero-order chi connectivity index (χ0) is 20.4. The lowest BCUT2D eigenvalue weighted by Crippen LogP contribution is -2.53. The molecule has 1 fully saturated rings. The summed E-state index contributed by atoms with van der Waals surface area (Å²) in [6.45, 7) is 2.73. The Morgan fingerprint density at radius 2 is 1.59 bits per heavy atom. The van der Waals surface area contributed by atoms with Crippen LogP contribution in [0.1, 0.15) is 30.1 Å². The van der Waals surface area contributed by atoms with Crippen LogP contribution in [0.5, 0.6) is 5.75 Å². The number of rotatable bonds is 3. The highest BCUT2D eigenvalue weighted by atomic mass is 16.5. The monoisotopic (exact) mass is 392 g/mol. The van der Waals surface area contributed by atoms with Crippen LogP contribution in [-0.4, -0.2) is 48.2 Å². The van der Waals surface area contributed by atoms with Gasteiger partial charge in [-0.1, -0.05) is 42.5 Å². The molecule has 150 valence electrons. The predicted molar refractivity (Wildman–Crippen MR) is 109 cm³/mol. The van der Waals surface area contributed by atoms with E-state index in [2.05, 4.69) is 0 Å². The molecule has 0 bridgehead atoms. The summed E-state index contributed by atoms with van der Waals surface area (Å²) < 4.78 is 5.92. The fourth-order valence-electron chi connectivity index (χ4n) is 4.07. The van der Waals surface area contributed by atoms with Crippen LogP contribution >= 0.6 is 0 Å². The third kappa shape index (κ3) is 3.88. The Kier molecular flexibility index (Phi) is 5.34. The minimum absolute atomic E-state index is 0.0665. The van der Waals surface area contributed by atoms with Crippen molar-refractivity contribution in [1.82, 2.24) is 4.90 Å². The molecule has 29 heavy (non-hydrogen) atoms. The number of hydrogen-bond acceptors (Lipinski definition) is 4. The summed E-state index contributed by atoms with van der Waals surface area (Å²) in [4.78, 5) is 41.1. The quantitative estimate of drug-likeness (QED) is 0.754. The highest BCUT2D eigenvalue weighted by Gasteiger charge is 2.37. The van der Waals surface area contributed by atoms with Crippen molar-refractivity contribution in [2.24, 2.45) is 5.92 Å². The van der Waals surface area contributed by atoms with Crippen LogP contribution in [-0.2, 0) is 9.59 Å². The highest BCUT2D eigenvalue weighted by Crippen LogP contribution is 2.34. The molecule has 0 saturated carbocycles. The lowest BCUT2D eigenvalue weighted by molar-refractivity contribution is -0.140. The van der Waals surface area contributed by atoms with Crippen molar-refractivity contribution >= 4 is 23.3 Å². The maximum Gasteiger partial charge on any atom is 0.265 e. The SMILES string of the molecule is CC(=O)N1CC(C(=O)N2CCC(C(=O)c3ccccc3)CC2)Oc2ccccc21. The number of para-hydroxylation sites is 2. The zero-order valence-electron chi connectivity index (χ0n) is 16.4. The van der Waals surface area contributed by atoms with Crippen LogP contribution in [0, 0.1) is 5.92 Å². The number of carbonyl (C=O) groups excluding carboxylic acids is 3. The van der Waals surface area contributed by atoms with Crippen LogP contribution in [0.15, 0.2) is 54.6 Å². The maximum atomic E-state index is 13.1. The van der Waals surface area contributed by atoms with Gasteiger partial charge in [0.25, 0.3) is 5.91 Å². The molecule has 2 heterocycles. The number of amides is 2. The van der Waals surface area contributed by atoms with Gasteiger partial charge in [0.15, 0.2) is 11.9 Å².